The summed E-state index contributed by atoms with van der Waals surface area (Å²) in [5, 5.41) is 0.784. The quantitative estimate of drug-likeness (QED) is 0.755. The molecule has 2 aliphatic heterocycles. The van der Waals surface area contributed by atoms with Crippen molar-refractivity contribution >= 4 is 17.5 Å². The van der Waals surface area contributed by atoms with Crippen LogP contribution in [0.4, 0.5) is 0 Å². The van der Waals surface area contributed by atoms with Crippen molar-refractivity contribution in [1.29, 1.82) is 0 Å². The lowest BCUT2D eigenvalue weighted by atomic mass is 9.94. The number of piperidine rings is 1. The summed E-state index contributed by atoms with van der Waals surface area (Å²) < 4.78 is 0. The second-order valence-corrected chi connectivity index (χ2v) is 8.58. The highest BCUT2D eigenvalue weighted by atomic mass is 35.5. The van der Waals surface area contributed by atoms with E-state index in [9.17, 15) is 4.79 Å². The van der Waals surface area contributed by atoms with Crippen molar-refractivity contribution in [1.82, 2.24) is 19.7 Å². The number of carbonyl (C=O) groups is 1. The smallest absolute Gasteiger partial charge is 0.225 e. The average Bonchev–Trinajstić information content (AvgIpc) is 2.75. The van der Waals surface area contributed by atoms with Crippen LogP contribution in [0.15, 0.2) is 48.8 Å². The van der Waals surface area contributed by atoms with Crippen LogP contribution in [-0.4, -0.2) is 64.9 Å². The first-order chi connectivity index (χ1) is 14.2. The number of nitrogens with zero attached hydrogens (tertiary/aromatic N) is 4. The Labute approximate surface area is 178 Å². The third-order valence-corrected chi connectivity index (χ3v) is 6.28. The van der Waals surface area contributed by atoms with E-state index >= 15 is 0 Å². The van der Waals surface area contributed by atoms with E-state index in [0.29, 0.717) is 5.91 Å². The Hall–Kier alpha value is -1.95. The predicted molar refractivity (Wildman–Crippen MR) is 116 cm³/mol. The molecule has 0 atom stereocenters. The molecule has 6 heteroatoms. The molecule has 1 aromatic heterocycles. The third kappa shape index (κ3) is 5.56. The summed E-state index contributed by atoms with van der Waals surface area (Å²) in [7, 11) is 0. The van der Waals surface area contributed by atoms with E-state index in [1.54, 1.807) is 0 Å². The van der Waals surface area contributed by atoms with Gasteiger partial charge in [0, 0.05) is 62.6 Å². The molecule has 0 saturated carbocycles. The number of hydrogen-bond acceptors (Lipinski definition) is 4. The Bertz CT molecular complexity index is 800. The molecule has 0 unspecified atom stereocenters. The van der Waals surface area contributed by atoms with Crippen LogP contribution in [0, 0.1) is 5.92 Å². The average molecular weight is 413 g/mol. The highest BCUT2D eigenvalue weighted by Gasteiger charge is 2.30. The molecule has 0 spiro atoms. The van der Waals surface area contributed by atoms with Crippen molar-refractivity contribution in [2.75, 3.05) is 39.3 Å². The number of halogens is 1. The Kier molecular flexibility index (Phi) is 6.80. The fourth-order valence-electron chi connectivity index (χ4n) is 4.37. The SMILES string of the molecule is O=C(C1CCN(Cc2cccnc2)CC1)N1CCN(Cc2cccc(Cl)c2)CC1. The minimum Gasteiger partial charge on any atom is -0.340 e. The van der Waals surface area contributed by atoms with Gasteiger partial charge >= 0.3 is 0 Å². The molecular formula is C23H29ClN4O. The zero-order chi connectivity index (χ0) is 20.1. The van der Waals surface area contributed by atoms with Gasteiger partial charge in [-0.2, -0.15) is 0 Å². The fraction of sp³-hybridized carbons (Fsp3) is 0.478. The van der Waals surface area contributed by atoms with Crippen molar-refractivity contribution in [2.45, 2.75) is 25.9 Å². The van der Waals surface area contributed by atoms with Crippen molar-refractivity contribution in [2.24, 2.45) is 5.92 Å². The molecule has 0 radical (unpaired) electrons. The number of hydrogen-bond donors (Lipinski definition) is 0. The molecule has 0 bridgehead atoms. The zero-order valence-corrected chi connectivity index (χ0v) is 17.6. The number of benzene rings is 1. The summed E-state index contributed by atoms with van der Waals surface area (Å²) in [6, 6.07) is 12.1. The summed E-state index contributed by atoms with van der Waals surface area (Å²) in [5.74, 6) is 0.535. The number of rotatable bonds is 5. The molecule has 1 aromatic carbocycles. The molecule has 0 aliphatic carbocycles. The Morgan fingerprint density at radius 2 is 1.62 bits per heavy atom. The fourth-order valence-corrected chi connectivity index (χ4v) is 4.58. The molecule has 2 saturated heterocycles. The largest absolute Gasteiger partial charge is 0.340 e. The first-order valence-corrected chi connectivity index (χ1v) is 10.9. The molecule has 2 aromatic rings. The topological polar surface area (TPSA) is 39.7 Å². The van der Waals surface area contributed by atoms with E-state index in [4.69, 9.17) is 11.6 Å². The minimum atomic E-state index is 0.180. The molecule has 1 amide bonds. The molecule has 0 N–H and O–H groups in total. The number of carbonyl (C=O) groups excluding carboxylic acids is 1. The lowest BCUT2D eigenvalue weighted by molar-refractivity contribution is -0.139. The van der Waals surface area contributed by atoms with E-state index in [1.807, 2.05) is 36.7 Å². The van der Waals surface area contributed by atoms with E-state index < -0.39 is 0 Å². The third-order valence-electron chi connectivity index (χ3n) is 6.04. The molecule has 3 heterocycles. The first kappa shape index (κ1) is 20.3. The van der Waals surface area contributed by atoms with Gasteiger partial charge in [0.05, 0.1) is 0 Å². The maximum absolute atomic E-state index is 13.0. The van der Waals surface area contributed by atoms with Crippen LogP contribution in [0.25, 0.3) is 0 Å². The lowest BCUT2D eigenvalue weighted by Gasteiger charge is -2.38. The van der Waals surface area contributed by atoms with E-state index in [2.05, 4.69) is 31.8 Å². The van der Waals surface area contributed by atoms with Crippen LogP contribution in [0.3, 0.4) is 0 Å². The van der Waals surface area contributed by atoms with E-state index in [-0.39, 0.29) is 5.92 Å². The molecular weight excluding hydrogens is 384 g/mol. The normalized spacial score (nSPS) is 19.4. The zero-order valence-electron chi connectivity index (χ0n) is 16.8. The van der Waals surface area contributed by atoms with Gasteiger partial charge in [-0.1, -0.05) is 29.8 Å². The first-order valence-electron chi connectivity index (χ1n) is 10.5. The molecule has 154 valence electrons. The summed E-state index contributed by atoms with van der Waals surface area (Å²) in [4.78, 5) is 24.1. The standard InChI is InChI=1S/C23H29ClN4O/c24-22-5-1-3-19(15-22)17-27-11-13-28(14-12-27)23(29)21-6-9-26(10-7-21)18-20-4-2-8-25-16-20/h1-5,8,15-16,21H,6-7,9-14,17-18H2. The number of pyridine rings is 1. The van der Waals surface area contributed by atoms with Gasteiger partial charge < -0.3 is 4.90 Å². The van der Waals surface area contributed by atoms with Crippen molar-refractivity contribution in [3.05, 3.63) is 64.9 Å². The van der Waals surface area contributed by atoms with Crippen molar-refractivity contribution in [3.63, 3.8) is 0 Å². The van der Waals surface area contributed by atoms with Crippen LogP contribution in [0.5, 0.6) is 0 Å². The Morgan fingerprint density at radius 3 is 2.31 bits per heavy atom. The maximum atomic E-state index is 13.0. The number of piperazine rings is 1. The summed E-state index contributed by atoms with van der Waals surface area (Å²) in [6.45, 7) is 7.31. The van der Waals surface area contributed by atoms with Gasteiger partial charge in [0.15, 0.2) is 0 Å². The molecule has 4 rings (SSSR count). The molecule has 2 fully saturated rings. The molecule has 2 aliphatic rings. The molecule has 29 heavy (non-hydrogen) atoms. The number of aromatic nitrogens is 1. The lowest BCUT2D eigenvalue weighted by Crippen LogP contribution is -2.51. The van der Waals surface area contributed by atoms with Crippen LogP contribution in [0.2, 0.25) is 5.02 Å². The Morgan fingerprint density at radius 1 is 0.931 bits per heavy atom. The second-order valence-electron chi connectivity index (χ2n) is 8.14. The van der Waals surface area contributed by atoms with E-state index in [1.165, 1.54) is 11.1 Å². The predicted octanol–water partition coefficient (Wildman–Crippen LogP) is 3.29. The monoisotopic (exact) mass is 412 g/mol. The number of amides is 1. The summed E-state index contributed by atoms with van der Waals surface area (Å²) in [6.07, 6.45) is 5.66. The van der Waals surface area contributed by atoms with Crippen LogP contribution < -0.4 is 0 Å². The highest BCUT2D eigenvalue weighted by molar-refractivity contribution is 6.30. The van der Waals surface area contributed by atoms with Crippen LogP contribution in [0.1, 0.15) is 24.0 Å². The van der Waals surface area contributed by atoms with Crippen molar-refractivity contribution < 1.29 is 4.79 Å². The number of likely N-dealkylation sites (tertiary alicyclic amines) is 1. The van der Waals surface area contributed by atoms with Crippen molar-refractivity contribution in [3.8, 4) is 0 Å². The Balaban J connectivity index is 1.21. The second kappa shape index (κ2) is 9.70. The minimum absolute atomic E-state index is 0.180. The highest BCUT2D eigenvalue weighted by Crippen LogP contribution is 2.22. The van der Waals surface area contributed by atoms with Gasteiger partial charge in [-0.05, 0) is 55.3 Å². The van der Waals surface area contributed by atoms with Gasteiger partial charge in [0.2, 0.25) is 5.91 Å². The summed E-state index contributed by atoms with van der Waals surface area (Å²) >= 11 is 6.09. The summed E-state index contributed by atoms with van der Waals surface area (Å²) in [5.41, 5.74) is 2.48. The van der Waals surface area contributed by atoms with Gasteiger partial charge in [-0.25, -0.2) is 0 Å². The van der Waals surface area contributed by atoms with Gasteiger partial charge in [0.25, 0.3) is 0 Å². The molecule has 5 nitrogen and oxygen atoms in total. The van der Waals surface area contributed by atoms with Gasteiger partial charge in [0.1, 0.15) is 0 Å². The van der Waals surface area contributed by atoms with Gasteiger partial charge in [-0.3, -0.25) is 19.6 Å². The van der Waals surface area contributed by atoms with E-state index in [0.717, 1.165) is 70.2 Å². The van der Waals surface area contributed by atoms with Gasteiger partial charge in [-0.15, -0.1) is 0 Å². The maximum Gasteiger partial charge on any atom is 0.225 e. The van der Waals surface area contributed by atoms with Crippen LogP contribution >= 0.6 is 11.6 Å². The van der Waals surface area contributed by atoms with Crippen LogP contribution in [-0.2, 0) is 17.9 Å².